The molecule has 206 valence electrons. The lowest BCUT2D eigenvalue weighted by molar-refractivity contribution is -0.176. The monoisotopic (exact) mass is 509 g/mol. The standard InChI is InChI=1S/C33H51NO3/c1-22-17-28(2,3)12-14-33(22,21-37-9)15-13-30(6)19-24(35)16-26-31(7)18-23(20-34)27(36)29(4,5)25(31)10-11-32(26,30)8/h18,22,25-26H,10-17,19,21H2,1-9H3/t22?,25-,26+,30+,31-,32+,33+/m0/s1. The van der Waals surface area contributed by atoms with Crippen LogP contribution in [-0.2, 0) is 14.3 Å². The lowest BCUT2D eigenvalue weighted by atomic mass is 9.37. The first-order valence-corrected chi connectivity index (χ1v) is 14.7. The smallest absolute Gasteiger partial charge is 0.178 e. The first kappa shape index (κ1) is 28.5. The fraction of sp³-hybridized carbons (Fsp3) is 0.848. The SMILES string of the molecule is COC[C@]1(CC[C@]2(C)CC(=O)C[C@@H]3[C@@]4(C)C=C(C#N)C(=O)C(C)(C)[C@@H]4CC[C@]32C)CCC(C)(C)CC1C. The van der Waals surface area contributed by atoms with Crippen molar-refractivity contribution in [3.63, 3.8) is 0 Å². The molecule has 4 aliphatic rings. The summed E-state index contributed by atoms with van der Waals surface area (Å²) in [6.07, 6.45) is 10.9. The Morgan fingerprint density at radius 3 is 2.27 bits per heavy atom. The lowest BCUT2D eigenvalue weighted by Crippen LogP contribution is -2.62. The van der Waals surface area contributed by atoms with Gasteiger partial charge in [0.25, 0.3) is 0 Å². The molecule has 4 nitrogen and oxygen atoms in total. The molecular formula is C33H51NO3. The third-order valence-corrected chi connectivity index (χ3v) is 12.7. The van der Waals surface area contributed by atoms with Crippen molar-refractivity contribution in [3.8, 4) is 6.07 Å². The van der Waals surface area contributed by atoms with Crippen molar-refractivity contribution in [2.75, 3.05) is 13.7 Å². The van der Waals surface area contributed by atoms with Gasteiger partial charge in [0.15, 0.2) is 5.78 Å². The van der Waals surface area contributed by atoms with Crippen LogP contribution < -0.4 is 0 Å². The number of methoxy groups -OCH3 is 1. The number of hydrogen-bond acceptors (Lipinski definition) is 4. The average molecular weight is 510 g/mol. The Morgan fingerprint density at radius 2 is 1.68 bits per heavy atom. The number of hydrogen-bond donors (Lipinski definition) is 0. The normalized spacial score (nSPS) is 44.9. The largest absolute Gasteiger partial charge is 0.384 e. The topological polar surface area (TPSA) is 67.2 Å². The van der Waals surface area contributed by atoms with Crippen LogP contribution in [0, 0.1) is 61.6 Å². The van der Waals surface area contributed by atoms with Crippen LogP contribution in [0.5, 0.6) is 0 Å². The van der Waals surface area contributed by atoms with Crippen LogP contribution in [0.25, 0.3) is 0 Å². The molecule has 4 rings (SSSR count). The molecule has 0 radical (unpaired) electrons. The third-order valence-electron chi connectivity index (χ3n) is 12.7. The zero-order valence-electron chi connectivity index (χ0n) is 25.1. The number of nitriles is 1. The second-order valence-corrected chi connectivity index (χ2v) is 15.7. The lowest BCUT2D eigenvalue weighted by Gasteiger charge is -2.66. The molecule has 0 amide bonds. The van der Waals surface area contributed by atoms with E-state index in [1.54, 1.807) is 0 Å². The van der Waals surface area contributed by atoms with Crippen molar-refractivity contribution < 1.29 is 14.3 Å². The summed E-state index contributed by atoms with van der Waals surface area (Å²) in [6, 6.07) is 2.22. The number of ether oxygens (including phenoxy) is 1. The summed E-state index contributed by atoms with van der Waals surface area (Å²) in [5.41, 5.74) is -0.217. The van der Waals surface area contributed by atoms with Crippen LogP contribution in [0.2, 0.25) is 0 Å². The third kappa shape index (κ3) is 4.27. The van der Waals surface area contributed by atoms with Gasteiger partial charge >= 0.3 is 0 Å². The van der Waals surface area contributed by atoms with Gasteiger partial charge in [0, 0.05) is 25.4 Å². The molecule has 0 aromatic carbocycles. The second kappa shape index (κ2) is 9.04. The summed E-state index contributed by atoms with van der Waals surface area (Å²) in [6.45, 7) is 19.1. The number of nitrogens with zero attached hydrogens (tertiary/aromatic N) is 1. The molecule has 0 saturated heterocycles. The van der Waals surface area contributed by atoms with Crippen LogP contribution in [0.3, 0.4) is 0 Å². The molecule has 3 fully saturated rings. The Balaban J connectivity index is 1.70. The molecule has 0 aromatic rings. The van der Waals surface area contributed by atoms with E-state index in [-0.39, 0.29) is 39.3 Å². The van der Waals surface area contributed by atoms with E-state index in [1.165, 1.54) is 19.3 Å². The van der Waals surface area contributed by atoms with Gasteiger partial charge in [-0.25, -0.2) is 0 Å². The Morgan fingerprint density at radius 1 is 1.00 bits per heavy atom. The molecule has 4 aliphatic carbocycles. The summed E-state index contributed by atoms with van der Waals surface area (Å²) in [4.78, 5) is 26.7. The second-order valence-electron chi connectivity index (χ2n) is 15.7. The van der Waals surface area contributed by atoms with Crippen molar-refractivity contribution in [2.24, 2.45) is 50.2 Å². The highest BCUT2D eigenvalue weighted by Crippen LogP contribution is 2.70. The van der Waals surface area contributed by atoms with Gasteiger partial charge in [-0.15, -0.1) is 0 Å². The van der Waals surface area contributed by atoms with Crippen LogP contribution in [-0.4, -0.2) is 25.3 Å². The summed E-state index contributed by atoms with van der Waals surface area (Å²) in [5, 5.41) is 9.86. The van der Waals surface area contributed by atoms with Gasteiger partial charge in [-0.3, -0.25) is 9.59 Å². The van der Waals surface area contributed by atoms with E-state index >= 15 is 0 Å². The summed E-state index contributed by atoms with van der Waals surface area (Å²) in [7, 11) is 1.84. The number of allylic oxidation sites excluding steroid dienone is 2. The van der Waals surface area contributed by atoms with E-state index in [0.717, 1.165) is 32.3 Å². The minimum Gasteiger partial charge on any atom is -0.384 e. The van der Waals surface area contributed by atoms with E-state index in [9.17, 15) is 14.9 Å². The fourth-order valence-corrected chi connectivity index (χ4v) is 10.1. The van der Waals surface area contributed by atoms with Gasteiger partial charge in [-0.1, -0.05) is 61.5 Å². The highest BCUT2D eigenvalue weighted by Gasteiger charge is 2.66. The maximum absolute atomic E-state index is 13.5. The molecule has 0 spiro atoms. The molecule has 1 unspecified atom stereocenters. The summed E-state index contributed by atoms with van der Waals surface area (Å²) >= 11 is 0. The van der Waals surface area contributed by atoms with Gasteiger partial charge in [-0.05, 0) is 89.8 Å². The maximum atomic E-state index is 13.5. The van der Waals surface area contributed by atoms with Crippen LogP contribution in [0.1, 0.15) is 113 Å². The Kier molecular flexibility index (Phi) is 6.97. The van der Waals surface area contributed by atoms with Crippen LogP contribution >= 0.6 is 0 Å². The molecular weight excluding hydrogens is 458 g/mol. The van der Waals surface area contributed by atoms with Gasteiger partial charge < -0.3 is 4.74 Å². The van der Waals surface area contributed by atoms with Gasteiger partial charge in [-0.2, -0.15) is 5.26 Å². The van der Waals surface area contributed by atoms with E-state index in [4.69, 9.17) is 4.74 Å². The highest BCUT2D eigenvalue weighted by molar-refractivity contribution is 6.04. The predicted molar refractivity (Wildman–Crippen MR) is 148 cm³/mol. The van der Waals surface area contributed by atoms with Crippen molar-refractivity contribution in [2.45, 2.75) is 113 Å². The quantitative estimate of drug-likeness (QED) is 0.380. The summed E-state index contributed by atoms with van der Waals surface area (Å²) in [5.74, 6) is 1.20. The molecule has 0 bridgehead atoms. The minimum atomic E-state index is -0.584. The number of carbonyl (C=O) groups excluding carboxylic acids is 2. The van der Waals surface area contributed by atoms with E-state index in [0.29, 0.717) is 35.5 Å². The van der Waals surface area contributed by atoms with Crippen molar-refractivity contribution in [1.29, 1.82) is 5.26 Å². The number of ketones is 2. The molecule has 4 heteroatoms. The first-order valence-electron chi connectivity index (χ1n) is 14.7. The molecule has 3 saturated carbocycles. The zero-order chi connectivity index (χ0) is 27.7. The van der Waals surface area contributed by atoms with E-state index in [2.05, 4.69) is 47.6 Å². The molecule has 0 aliphatic heterocycles. The molecule has 7 atom stereocenters. The number of rotatable bonds is 5. The molecule has 37 heavy (non-hydrogen) atoms. The number of Topliss-reactive ketones (excluding diaryl/α,β-unsaturated/α-hetero) is 2. The van der Waals surface area contributed by atoms with E-state index in [1.807, 2.05) is 27.0 Å². The van der Waals surface area contributed by atoms with Gasteiger partial charge in [0.2, 0.25) is 0 Å². The Hall–Kier alpha value is -1.47. The minimum absolute atomic E-state index is 0.0227. The zero-order valence-corrected chi connectivity index (χ0v) is 25.1. The Bertz CT molecular complexity index is 1030. The van der Waals surface area contributed by atoms with Crippen molar-refractivity contribution in [3.05, 3.63) is 11.6 Å². The number of carbonyl (C=O) groups is 2. The van der Waals surface area contributed by atoms with Gasteiger partial charge in [0.05, 0.1) is 12.2 Å². The molecule has 0 aromatic heterocycles. The van der Waals surface area contributed by atoms with Gasteiger partial charge in [0.1, 0.15) is 11.9 Å². The average Bonchev–Trinajstić information content (AvgIpc) is 2.79. The highest BCUT2D eigenvalue weighted by atomic mass is 16.5. The van der Waals surface area contributed by atoms with Crippen molar-refractivity contribution in [1.82, 2.24) is 0 Å². The van der Waals surface area contributed by atoms with Crippen LogP contribution in [0.15, 0.2) is 11.6 Å². The first-order chi connectivity index (χ1) is 17.0. The Labute approximate surface area is 226 Å². The molecule has 0 heterocycles. The van der Waals surface area contributed by atoms with Crippen LogP contribution in [0.4, 0.5) is 0 Å². The fourth-order valence-electron chi connectivity index (χ4n) is 10.1. The maximum Gasteiger partial charge on any atom is 0.178 e. The summed E-state index contributed by atoms with van der Waals surface area (Å²) < 4.78 is 5.86. The van der Waals surface area contributed by atoms with E-state index < -0.39 is 5.41 Å². The molecule has 0 N–H and O–H groups in total. The van der Waals surface area contributed by atoms with Crippen molar-refractivity contribution >= 4 is 11.6 Å². The number of fused-ring (bicyclic) bond motifs is 3. The predicted octanol–water partition coefficient (Wildman–Crippen LogP) is 7.71.